The van der Waals surface area contributed by atoms with Crippen LogP contribution in [0, 0.1) is 17.8 Å². The molecule has 1 aliphatic rings. The van der Waals surface area contributed by atoms with Crippen molar-refractivity contribution in [3.63, 3.8) is 0 Å². The molecule has 0 amide bonds. The average Bonchev–Trinajstić information content (AvgIpc) is 2.35. The Morgan fingerprint density at radius 1 is 1.25 bits per heavy atom. The highest BCUT2D eigenvalue weighted by atomic mass is 16.5. The Labute approximate surface area is 125 Å². The van der Waals surface area contributed by atoms with Crippen molar-refractivity contribution < 1.29 is 9.84 Å². The second kappa shape index (κ2) is 7.77. The van der Waals surface area contributed by atoms with Crippen LogP contribution in [-0.2, 0) is 4.74 Å². The Balaban J connectivity index is 2.59. The first-order chi connectivity index (χ1) is 9.27. The fourth-order valence-corrected chi connectivity index (χ4v) is 3.43. The summed E-state index contributed by atoms with van der Waals surface area (Å²) in [7, 11) is 0. The van der Waals surface area contributed by atoms with E-state index in [9.17, 15) is 5.11 Å². The maximum atomic E-state index is 9.65. The topological polar surface area (TPSA) is 41.5 Å². The van der Waals surface area contributed by atoms with Gasteiger partial charge in [0.1, 0.15) is 0 Å². The summed E-state index contributed by atoms with van der Waals surface area (Å²) < 4.78 is 6.26. The first-order valence-corrected chi connectivity index (χ1v) is 8.27. The molecule has 4 atom stereocenters. The maximum Gasteiger partial charge on any atom is 0.0672 e. The molecule has 4 unspecified atom stereocenters. The van der Waals surface area contributed by atoms with Gasteiger partial charge in [0.2, 0.25) is 0 Å². The largest absolute Gasteiger partial charge is 0.394 e. The molecule has 3 nitrogen and oxygen atoms in total. The van der Waals surface area contributed by atoms with Crippen LogP contribution in [0.25, 0.3) is 0 Å². The second-order valence-corrected chi connectivity index (χ2v) is 7.69. The van der Waals surface area contributed by atoms with Crippen LogP contribution in [0.1, 0.15) is 60.8 Å². The normalized spacial score (nSPS) is 30.8. The van der Waals surface area contributed by atoms with Gasteiger partial charge in [0.05, 0.1) is 24.9 Å². The summed E-state index contributed by atoms with van der Waals surface area (Å²) in [5.41, 5.74) is -0.337. The van der Waals surface area contributed by atoms with Crippen molar-refractivity contribution in [2.75, 3.05) is 13.2 Å². The Morgan fingerprint density at radius 3 is 2.40 bits per heavy atom. The van der Waals surface area contributed by atoms with E-state index in [1.54, 1.807) is 0 Å². The van der Waals surface area contributed by atoms with Crippen molar-refractivity contribution in [2.24, 2.45) is 17.8 Å². The monoisotopic (exact) mass is 285 g/mol. The number of ether oxygens (including phenoxy) is 1. The average molecular weight is 285 g/mol. The van der Waals surface area contributed by atoms with Gasteiger partial charge in [-0.1, -0.05) is 41.0 Å². The fourth-order valence-electron chi connectivity index (χ4n) is 3.43. The van der Waals surface area contributed by atoms with Crippen molar-refractivity contribution in [1.29, 1.82) is 0 Å². The highest BCUT2D eigenvalue weighted by molar-refractivity contribution is 4.87. The van der Waals surface area contributed by atoms with Crippen LogP contribution in [0.4, 0.5) is 0 Å². The second-order valence-electron chi connectivity index (χ2n) is 7.69. The lowest BCUT2D eigenvalue weighted by Gasteiger charge is -2.40. The van der Waals surface area contributed by atoms with E-state index in [2.05, 4.69) is 39.9 Å². The Kier molecular flexibility index (Phi) is 6.96. The molecule has 1 rings (SSSR count). The molecule has 0 aliphatic heterocycles. The molecule has 0 heterocycles. The zero-order valence-corrected chi connectivity index (χ0v) is 14.3. The molecule has 3 heteroatoms. The first kappa shape index (κ1) is 17.9. The lowest BCUT2D eigenvalue weighted by atomic mass is 9.75. The van der Waals surface area contributed by atoms with E-state index in [-0.39, 0.29) is 12.1 Å². The predicted molar refractivity (Wildman–Crippen MR) is 84.8 cm³/mol. The summed E-state index contributed by atoms with van der Waals surface area (Å²) in [4.78, 5) is 0. The highest BCUT2D eigenvalue weighted by Gasteiger charge is 2.33. The molecule has 1 aliphatic carbocycles. The van der Waals surface area contributed by atoms with Crippen LogP contribution >= 0.6 is 0 Å². The van der Waals surface area contributed by atoms with Gasteiger partial charge in [0.25, 0.3) is 0 Å². The summed E-state index contributed by atoms with van der Waals surface area (Å²) >= 11 is 0. The minimum atomic E-state index is -0.337. The predicted octanol–water partition coefficient (Wildman–Crippen LogP) is 3.21. The van der Waals surface area contributed by atoms with Gasteiger partial charge >= 0.3 is 0 Å². The zero-order chi connectivity index (χ0) is 15.3. The molecule has 0 bridgehead atoms. The summed E-state index contributed by atoms with van der Waals surface area (Å²) in [5, 5.41) is 13.1. The van der Waals surface area contributed by atoms with Gasteiger partial charge in [0, 0.05) is 6.04 Å². The van der Waals surface area contributed by atoms with E-state index in [1.807, 2.05) is 6.92 Å². The number of aliphatic hydroxyl groups excluding tert-OH is 1. The molecule has 1 fully saturated rings. The molecule has 0 aromatic rings. The highest BCUT2D eigenvalue weighted by Crippen LogP contribution is 2.35. The van der Waals surface area contributed by atoms with E-state index in [1.165, 1.54) is 12.8 Å². The van der Waals surface area contributed by atoms with Crippen LogP contribution in [0.15, 0.2) is 0 Å². The van der Waals surface area contributed by atoms with Crippen LogP contribution in [0.2, 0.25) is 0 Å². The van der Waals surface area contributed by atoms with Gasteiger partial charge in [0.15, 0.2) is 0 Å². The molecule has 0 saturated heterocycles. The number of nitrogens with one attached hydrogen (secondary N) is 1. The standard InChI is InChI=1S/C17H35NO2/c1-12(2)15-8-7-14(5)9-16(15)20-11-17(6,10-19)18-13(3)4/h12-16,18-19H,7-11H2,1-6H3. The smallest absolute Gasteiger partial charge is 0.0672 e. The zero-order valence-electron chi connectivity index (χ0n) is 14.3. The maximum absolute atomic E-state index is 9.65. The molecule has 0 radical (unpaired) electrons. The molecule has 0 aromatic carbocycles. The quantitative estimate of drug-likeness (QED) is 0.754. The van der Waals surface area contributed by atoms with E-state index >= 15 is 0 Å². The number of aliphatic hydroxyl groups is 1. The molecule has 0 aromatic heterocycles. The number of hydrogen-bond donors (Lipinski definition) is 2. The Morgan fingerprint density at radius 2 is 1.90 bits per heavy atom. The summed E-state index contributed by atoms with van der Waals surface area (Å²) in [6, 6.07) is 0.349. The van der Waals surface area contributed by atoms with Crippen molar-refractivity contribution in [2.45, 2.75) is 78.5 Å². The van der Waals surface area contributed by atoms with Crippen LogP contribution in [-0.4, -0.2) is 36.0 Å². The fraction of sp³-hybridized carbons (Fsp3) is 1.00. The van der Waals surface area contributed by atoms with Gasteiger partial charge in [-0.05, 0) is 37.5 Å². The van der Waals surface area contributed by atoms with Crippen LogP contribution in [0.5, 0.6) is 0 Å². The van der Waals surface area contributed by atoms with E-state index < -0.39 is 0 Å². The third-order valence-corrected chi connectivity index (χ3v) is 4.56. The lowest BCUT2D eigenvalue weighted by molar-refractivity contribution is -0.0674. The van der Waals surface area contributed by atoms with Crippen LogP contribution in [0.3, 0.4) is 0 Å². The third kappa shape index (κ3) is 5.34. The van der Waals surface area contributed by atoms with Crippen molar-refractivity contribution in [3.8, 4) is 0 Å². The molecule has 2 N–H and O–H groups in total. The Hall–Kier alpha value is -0.120. The summed E-state index contributed by atoms with van der Waals surface area (Å²) in [5.74, 6) is 2.09. The minimum absolute atomic E-state index is 0.111. The minimum Gasteiger partial charge on any atom is -0.394 e. The Bertz CT molecular complexity index is 280. The van der Waals surface area contributed by atoms with Gasteiger partial charge in [-0.3, -0.25) is 0 Å². The van der Waals surface area contributed by atoms with Crippen molar-refractivity contribution >= 4 is 0 Å². The SMILES string of the molecule is CC1CCC(C(C)C)C(OCC(C)(CO)NC(C)C)C1. The molecule has 20 heavy (non-hydrogen) atoms. The van der Waals surface area contributed by atoms with Gasteiger partial charge < -0.3 is 15.2 Å². The van der Waals surface area contributed by atoms with Gasteiger partial charge in [-0.2, -0.15) is 0 Å². The molecular formula is C17H35NO2. The van der Waals surface area contributed by atoms with E-state index in [0.717, 1.165) is 12.3 Å². The number of rotatable bonds is 7. The number of hydrogen-bond acceptors (Lipinski definition) is 3. The molecule has 1 saturated carbocycles. The van der Waals surface area contributed by atoms with E-state index in [4.69, 9.17) is 4.74 Å². The van der Waals surface area contributed by atoms with Gasteiger partial charge in [-0.15, -0.1) is 0 Å². The lowest BCUT2D eigenvalue weighted by Crippen LogP contribution is -2.53. The first-order valence-electron chi connectivity index (χ1n) is 8.27. The summed E-state index contributed by atoms with van der Waals surface area (Å²) in [6.45, 7) is 13.9. The molecular weight excluding hydrogens is 250 g/mol. The summed E-state index contributed by atoms with van der Waals surface area (Å²) in [6.07, 6.45) is 4.10. The third-order valence-electron chi connectivity index (χ3n) is 4.56. The molecule has 0 spiro atoms. The molecule has 120 valence electrons. The van der Waals surface area contributed by atoms with Gasteiger partial charge in [-0.25, -0.2) is 0 Å². The van der Waals surface area contributed by atoms with Crippen molar-refractivity contribution in [1.82, 2.24) is 5.32 Å². The van der Waals surface area contributed by atoms with E-state index in [0.29, 0.717) is 30.6 Å². The van der Waals surface area contributed by atoms with Crippen LogP contribution < -0.4 is 5.32 Å². The van der Waals surface area contributed by atoms with Crippen molar-refractivity contribution in [3.05, 3.63) is 0 Å².